The maximum atomic E-state index is 12.3. The summed E-state index contributed by atoms with van der Waals surface area (Å²) in [6.07, 6.45) is 0.925. The number of nitrogens with one attached hydrogen (secondary N) is 2. The van der Waals surface area contributed by atoms with Crippen molar-refractivity contribution in [3.8, 4) is 0 Å². The molecular formula is C17H22N2O4S. The highest BCUT2D eigenvalue weighted by atomic mass is 32.2. The van der Waals surface area contributed by atoms with Gasteiger partial charge in [-0.1, -0.05) is 13.8 Å². The molecule has 2 fully saturated rings. The van der Waals surface area contributed by atoms with Gasteiger partial charge in [0.1, 0.15) is 0 Å². The summed E-state index contributed by atoms with van der Waals surface area (Å²) in [5, 5.41) is 5.63. The van der Waals surface area contributed by atoms with Crippen molar-refractivity contribution in [3.63, 3.8) is 0 Å². The first-order valence-electron chi connectivity index (χ1n) is 8.17. The second-order valence-electron chi connectivity index (χ2n) is 7.02. The first-order chi connectivity index (χ1) is 11.2. The highest BCUT2D eigenvalue weighted by Gasteiger charge is 2.39. The fourth-order valence-corrected chi connectivity index (χ4v) is 5.21. The van der Waals surface area contributed by atoms with Crippen molar-refractivity contribution >= 4 is 27.3 Å². The molecule has 0 spiro atoms. The molecule has 130 valence electrons. The molecule has 2 aliphatic rings. The molecule has 0 bridgehead atoms. The fourth-order valence-electron chi connectivity index (χ4n) is 3.09. The van der Waals surface area contributed by atoms with Gasteiger partial charge in [0, 0.05) is 23.2 Å². The van der Waals surface area contributed by atoms with Gasteiger partial charge in [-0.05, 0) is 42.5 Å². The Morgan fingerprint density at radius 2 is 1.67 bits per heavy atom. The Bertz CT molecular complexity index is 757. The van der Waals surface area contributed by atoms with Gasteiger partial charge in [0.05, 0.1) is 11.5 Å². The van der Waals surface area contributed by atoms with E-state index in [9.17, 15) is 18.0 Å². The third kappa shape index (κ3) is 3.77. The Hall–Kier alpha value is -1.89. The highest BCUT2D eigenvalue weighted by molar-refractivity contribution is 7.91. The van der Waals surface area contributed by atoms with E-state index < -0.39 is 9.84 Å². The quantitative estimate of drug-likeness (QED) is 0.859. The van der Waals surface area contributed by atoms with E-state index in [4.69, 9.17) is 0 Å². The molecule has 2 N–H and O–H groups in total. The van der Waals surface area contributed by atoms with Crippen LogP contribution in [-0.4, -0.2) is 37.8 Å². The molecule has 0 aromatic heterocycles. The first-order valence-corrected chi connectivity index (χ1v) is 9.99. The molecule has 4 atom stereocenters. The Morgan fingerprint density at radius 3 is 2.17 bits per heavy atom. The lowest BCUT2D eigenvalue weighted by atomic mass is 10.1. The molecule has 0 unspecified atom stereocenters. The minimum atomic E-state index is -3.06. The van der Waals surface area contributed by atoms with E-state index in [1.54, 1.807) is 24.3 Å². The zero-order valence-corrected chi connectivity index (χ0v) is 14.6. The number of sulfone groups is 1. The van der Waals surface area contributed by atoms with Crippen LogP contribution in [0.2, 0.25) is 0 Å². The van der Waals surface area contributed by atoms with E-state index >= 15 is 0 Å². The monoisotopic (exact) mass is 350 g/mol. The molecule has 1 heterocycles. The van der Waals surface area contributed by atoms with E-state index in [2.05, 4.69) is 10.6 Å². The van der Waals surface area contributed by atoms with Crippen molar-refractivity contribution in [2.24, 2.45) is 17.8 Å². The lowest BCUT2D eigenvalue weighted by Gasteiger charge is -2.15. The predicted molar refractivity (Wildman–Crippen MR) is 91.4 cm³/mol. The van der Waals surface area contributed by atoms with Crippen molar-refractivity contribution < 1.29 is 18.0 Å². The van der Waals surface area contributed by atoms with E-state index in [0.717, 1.165) is 6.42 Å². The van der Waals surface area contributed by atoms with Crippen molar-refractivity contribution in [3.05, 3.63) is 29.8 Å². The third-order valence-corrected chi connectivity index (χ3v) is 6.72. The summed E-state index contributed by atoms with van der Waals surface area (Å²) in [7, 11) is -3.06. The van der Waals surface area contributed by atoms with Crippen LogP contribution in [0.1, 0.15) is 30.6 Å². The smallest absolute Gasteiger partial charge is 0.251 e. The van der Waals surface area contributed by atoms with Crippen LogP contribution in [0.25, 0.3) is 0 Å². The Morgan fingerprint density at radius 1 is 1.04 bits per heavy atom. The van der Waals surface area contributed by atoms with E-state index in [-0.39, 0.29) is 41.2 Å². The van der Waals surface area contributed by atoms with Crippen LogP contribution in [0.4, 0.5) is 5.69 Å². The number of amides is 2. The molecule has 0 radical (unpaired) electrons. The van der Waals surface area contributed by atoms with Gasteiger partial charge in [-0.3, -0.25) is 9.59 Å². The molecule has 1 aliphatic heterocycles. The molecule has 6 nitrogen and oxygen atoms in total. The topological polar surface area (TPSA) is 92.3 Å². The van der Waals surface area contributed by atoms with Crippen molar-refractivity contribution in [2.75, 3.05) is 16.8 Å². The number of hydrogen-bond donors (Lipinski definition) is 2. The summed E-state index contributed by atoms with van der Waals surface area (Å²) < 4.78 is 23.2. The van der Waals surface area contributed by atoms with Crippen LogP contribution >= 0.6 is 0 Å². The van der Waals surface area contributed by atoms with Crippen LogP contribution < -0.4 is 10.6 Å². The number of carbonyl (C=O) groups is 2. The second-order valence-corrected chi connectivity index (χ2v) is 9.17. The zero-order chi connectivity index (χ0) is 17.5. The van der Waals surface area contributed by atoms with Gasteiger partial charge in [0.2, 0.25) is 5.91 Å². The van der Waals surface area contributed by atoms with Gasteiger partial charge in [-0.2, -0.15) is 0 Å². The van der Waals surface area contributed by atoms with Gasteiger partial charge in [0.15, 0.2) is 9.84 Å². The first kappa shape index (κ1) is 17.0. The minimum absolute atomic E-state index is 0.00633. The van der Waals surface area contributed by atoms with E-state index in [1.807, 2.05) is 13.8 Å². The molecule has 1 aromatic rings. The number of anilines is 1. The fraction of sp³-hybridized carbons (Fsp3) is 0.529. The molecule has 3 rings (SSSR count). The maximum Gasteiger partial charge on any atom is 0.251 e. The summed E-state index contributed by atoms with van der Waals surface area (Å²) in [5.74, 6) is 0.287. The lowest BCUT2D eigenvalue weighted by Crippen LogP contribution is -2.39. The average molecular weight is 350 g/mol. The number of benzene rings is 1. The molecule has 1 saturated carbocycles. The summed E-state index contributed by atoms with van der Waals surface area (Å²) >= 11 is 0. The minimum Gasteiger partial charge on any atom is -0.348 e. The molecule has 7 heteroatoms. The lowest BCUT2D eigenvalue weighted by molar-refractivity contribution is -0.117. The molecular weight excluding hydrogens is 328 g/mol. The van der Waals surface area contributed by atoms with Gasteiger partial charge in [-0.25, -0.2) is 8.42 Å². The predicted octanol–water partition coefficient (Wildman–Crippen LogP) is 1.44. The van der Waals surface area contributed by atoms with Gasteiger partial charge >= 0.3 is 0 Å². The molecule has 2 amide bonds. The Kier molecular flexibility index (Phi) is 4.38. The largest absolute Gasteiger partial charge is 0.348 e. The normalized spacial score (nSPS) is 30.6. The SMILES string of the molecule is C[C@@H]1C[C@@H]1C(=O)Nc1ccc(C(=O)N[C@@H]2CS(=O)(=O)C[C@@H]2C)cc1. The standard InChI is InChI=1S/C17H22N2O4S/c1-10-7-14(10)17(21)18-13-5-3-12(4-6-13)16(20)19-15-9-24(22,23)8-11(15)2/h3-6,10-11,14-15H,7-9H2,1-2H3,(H,18,21)(H,19,20)/t10-,11+,14+,15-/m1/s1. The second kappa shape index (κ2) is 6.20. The zero-order valence-electron chi connectivity index (χ0n) is 13.8. The molecule has 1 saturated heterocycles. The average Bonchev–Trinajstić information content (AvgIpc) is 3.17. The number of hydrogen-bond acceptors (Lipinski definition) is 4. The van der Waals surface area contributed by atoms with E-state index in [1.165, 1.54) is 0 Å². The van der Waals surface area contributed by atoms with Crippen LogP contribution in [0.3, 0.4) is 0 Å². The van der Waals surface area contributed by atoms with Gasteiger partial charge in [0.25, 0.3) is 5.91 Å². The summed E-state index contributed by atoms with van der Waals surface area (Å²) in [5.41, 5.74) is 1.11. The molecule has 1 aliphatic carbocycles. The van der Waals surface area contributed by atoms with Crippen molar-refractivity contribution in [2.45, 2.75) is 26.3 Å². The maximum absolute atomic E-state index is 12.3. The highest BCUT2D eigenvalue weighted by Crippen LogP contribution is 2.38. The van der Waals surface area contributed by atoms with Gasteiger partial charge in [-0.15, -0.1) is 0 Å². The molecule has 24 heavy (non-hydrogen) atoms. The Balaban J connectivity index is 1.59. The number of rotatable bonds is 4. The van der Waals surface area contributed by atoms with Crippen LogP contribution in [0.15, 0.2) is 24.3 Å². The van der Waals surface area contributed by atoms with Crippen LogP contribution in [-0.2, 0) is 14.6 Å². The summed E-state index contributed by atoms with van der Waals surface area (Å²) in [6, 6.07) is 6.30. The number of carbonyl (C=O) groups excluding carboxylic acids is 2. The van der Waals surface area contributed by atoms with Crippen LogP contribution in [0, 0.1) is 17.8 Å². The summed E-state index contributed by atoms with van der Waals surface area (Å²) in [4.78, 5) is 24.1. The van der Waals surface area contributed by atoms with Crippen LogP contribution in [0.5, 0.6) is 0 Å². The van der Waals surface area contributed by atoms with Gasteiger partial charge < -0.3 is 10.6 Å². The van der Waals surface area contributed by atoms with Crippen molar-refractivity contribution in [1.82, 2.24) is 5.32 Å². The van der Waals surface area contributed by atoms with Crippen molar-refractivity contribution in [1.29, 1.82) is 0 Å². The Labute approximate surface area is 141 Å². The van der Waals surface area contributed by atoms with E-state index in [0.29, 0.717) is 17.2 Å². The third-order valence-electron chi connectivity index (χ3n) is 4.81. The molecule has 1 aromatic carbocycles. The summed E-state index contributed by atoms with van der Waals surface area (Å²) in [6.45, 7) is 3.87.